The van der Waals surface area contributed by atoms with Crippen LogP contribution >= 0.6 is 0 Å². The van der Waals surface area contributed by atoms with Crippen molar-refractivity contribution in [1.29, 1.82) is 0 Å². The van der Waals surface area contributed by atoms with E-state index in [1.807, 2.05) is 18.2 Å². The van der Waals surface area contributed by atoms with Gasteiger partial charge in [-0.15, -0.1) is 0 Å². The number of nitrogens with zero attached hydrogens (tertiary/aromatic N) is 2. The summed E-state index contributed by atoms with van der Waals surface area (Å²) in [6.45, 7) is 5.04. The molecule has 0 fully saturated rings. The molecular formula is C17H24N4O3. The average Bonchev–Trinajstić information content (AvgIpc) is 2.86. The summed E-state index contributed by atoms with van der Waals surface area (Å²) in [5.41, 5.74) is 1.42. The van der Waals surface area contributed by atoms with Crippen LogP contribution in [0.3, 0.4) is 0 Å². The van der Waals surface area contributed by atoms with Crippen molar-refractivity contribution in [3.63, 3.8) is 0 Å². The largest absolute Gasteiger partial charge is 0.344 e. The highest BCUT2D eigenvalue weighted by atomic mass is 16.2. The molecule has 0 saturated heterocycles. The van der Waals surface area contributed by atoms with E-state index in [0.717, 1.165) is 10.1 Å². The summed E-state index contributed by atoms with van der Waals surface area (Å²) in [5, 5.41) is 4.44. The van der Waals surface area contributed by atoms with Crippen molar-refractivity contribution in [1.82, 2.24) is 19.7 Å². The molecule has 0 aliphatic heterocycles. The van der Waals surface area contributed by atoms with E-state index in [1.54, 1.807) is 11.9 Å². The van der Waals surface area contributed by atoms with Crippen LogP contribution in [0.5, 0.6) is 0 Å². The third-order valence-corrected chi connectivity index (χ3v) is 4.05. The Bertz CT molecular complexity index is 773. The number of rotatable bonds is 7. The van der Waals surface area contributed by atoms with E-state index in [4.69, 9.17) is 0 Å². The summed E-state index contributed by atoms with van der Waals surface area (Å²) < 4.78 is 1.06. The minimum atomic E-state index is -0.480. The minimum absolute atomic E-state index is 0.00595. The zero-order valence-electron chi connectivity index (χ0n) is 14.3. The Hall–Kier alpha value is -2.57. The van der Waals surface area contributed by atoms with Crippen molar-refractivity contribution in [2.24, 2.45) is 0 Å². The van der Waals surface area contributed by atoms with Gasteiger partial charge in [0.2, 0.25) is 5.91 Å². The maximum Gasteiger partial charge on any atom is 0.344 e. The molecule has 0 spiro atoms. The van der Waals surface area contributed by atoms with Gasteiger partial charge in [0.15, 0.2) is 0 Å². The Morgan fingerprint density at radius 2 is 1.79 bits per heavy atom. The lowest BCUT2D eigenvalue weighted by Gasteiger charge is -2.20. The highest BCUT2D eigenvalue weighted by Gasteiger charge is 2.13. The summed E-state index contributed by atoms with van der Waals surface area (Å²) in [6.07, 6.45) is 0.729. The van der Waals surface area contributed by atoms with Crippen LogP contribution in [0.4, 0.5) is 0 Å². The third kappa shape index (κ3) is 4.24. The highest BCUT2D eigenvalue weighted by Crippen LogP contribution is 2.20. The molecule has 2 aromatic rings. The molecule has 2 N–H and O–H groups in total. The Morgan fingerprint density at radius 1 is 1.17 bits per heavy atom. The third-order valence-electron chi connectivity index (χ3n) is 4.05. The van der Waals surface area contributed by atoms with E-state index in [1.165, 1.54) is 5.56 Å². The molecule has 0 unspecified atom stereocenters. The van der Waals surface area contributed by atoms with E-state index in [0.29, 0.717) is 18.9 Å². The molecule has 1 amide bonds. The van der Waals surface area contributed by atoms with E-state index in [2.05, 4.69) is 30.1 Å². The average molecular weight is 332 g/mol. The standard InChI is InChI=1S/C17H24N4O3/c1-12(2)14-8-5-4-7-13(14)11-20(3)15(22)9-6-10-21-16(23)18-19-17(21)24/h4-5,7-8,12H,6,9-11H2,1-3H3,(H,18,23)(H,19,24). The van der Waals surface area contributed by atoms with E-state index in [-0.39, 0.29) is 18.9 Å². The maximum atomic E-state index is 12.3. The Kier molecular flexibility index (Phi) is 5.78. The number of carbonyl (C=O) groups is 1. The fourth-order valence-electron chi connectivity index (χ4n) is 2.70. The van der Waals surface area contributed by atoms with Gasteiger partial charge < -0.3 is 4.90 Å². The van der Waals surface area contributed by atoms with Gasteiger partial charge in [-0.25, -0.2) is 24.4 Å². The van der Waals surface area contributed by atoms with Crippen LogP contribution < -0.4 is 11.4 Å². The number of amides is 1. The number of nitrogens with one attached hydrogen (secondary N) is 2. The van der Waals surface area contributed by atoms with Gasteiger partial charge in [0.1, 0.15) is 0 Å². The van der Waals surface area contributed by atoms with Crippen LogP contribution in [0.25, 0.3) is 0 Å². The van der Waals surface area contributed by atoms with Crippen molar-refractivity contribution in [2.75, 3.05) is 7.05 Å². The molecule has 2 rings (SSSR count). The topological polar surface area (TPSA) is 91.0 Å². The van der Waals surface area contributed by atoms with E-state index < -0.39 is 11.4 Å². The molecule has 0 aliphatic rings. The number of hydrogen-bond acceptors (Lipinski definition) is 3. The van der Waals surface area contributed by atoms with Gasteiger partial charge in [-0.3, -0.25) is 4.79 Å². The fourth-order valence-corrected chi connectivity index (χ4v) is 2.70. The Labute approximate surface area is 140 Å². The number of aromatic amines is 2. The molecule has 0 atom stereocenters. The minimum Gasteiger partial charge on any atom is -0.341 e. The van der Waals surface area contributed by atoms with Crippen LogP contribution in [0, 0.1) is 0 Å². The van der Waals surface area contributed by atoms with Crippen molar-refractivity contribution in [3.05, 3.63) is 56.4 Å². The van der Waals surface area contributed by atoms with Gasteiger partial charge >= 0.3 is 11.4 Å². The second-order valence-electron chi connectivity index (χ2n) is 6.22. The van der Waals surface area contributed by atoms with Gasteiger partial charge in [-0.1, -0.05) is 38.1 Å². The molecule has 24 heavy (non-hydrogen) atoms. The van der Waals surface area contributed by atoms with E-state index >= 15 is 0 Å². The fraction of sp³-hybridized carbons (Fsp3) is 0.471. The zero-order valence-corrected chi connectivity index (χ0v) is 14.3. The molecule has 130 valence electrons. The van der Waals surface area contributed by atoms with Crippen LogP contribution in [0.1, 0.15) is 43.7 Å². The summed E-state index contributed by atoms with van der Waals surface area (Å²) in [7, 11) is 1.77. The molecule has 0 radical (unpaired) electrons. The quantitative estimate of drug-likeness (QED) is 0.803. The van der Waals surface area contributed by atoms with Crippen LogP contribution in [0.2, 0.25) is 0 Å². The van der Waals surface area contributed by atoms with Gasteiger partial charge in [0.05, 0.1) is 0 Å². The van der Waals surface area contributed by atoms with Crippen molar-refractivity contribution < 1.29 is 4.79 Å². The maximum absolute atomic E-state index is 12.3. The van der Waals surface area contributed by atoms with Gasteiger partial charge in [-0.2, -0.15) is 0 Å². The molecule has 0 bridgehead atoms. The van der Waals surface area contributed by atoms with Gasteiger partial charge in [0, 0.05) is 26.6 Å². The van der Waals surface area contributed by atoms with Crippen LogP contribution in [0.15, 0.2) is 33.9 Å². The second kappa shape index (κ2) is 7.81. The molecule has 7 heteroatoms. The summed E-state index contributed by atoms with van der Waals surface area (Å²) in [5.74, 6) is 0.394. The van der Waals surface area contributed by atoms with Crippen LogP contribution in [-0.2, 0) is 17.9 Å². The van der Waals surface area contributed by atoms with Crippen molar-refractivity contribution in [3.8, 4) is 0 Å². The predicted molar refractivity (Wildman–Crippen MR) is 91.9 cm³/mol. The Balaban J connectivity index is 1.91. The molecule has 0 aliphatic carbocycles. The monoisotopic (exact) mass is 332 g/mol. The van der Waals surface area contributed by atoms with Gasteiger partial charge in [-0.05, 0) is 23.5 Å². The first-order valence-electron chi connectivity index (χ1n) is 8.09. The summed E-state index contributed by atoms with van der Waals surface area (Å²) in [6, 6.07) is 8.11. The molecule has 1 aromatic carbocycles. The second-order valence-corrected chi connectivity index (χ2v) is 6.22. The van der Waals surface area contributed by atoms with Crippen molar-refractivity contribution in [2.45, 2.75) is 45.7 Å². The number of benzene rings is 1. The smallest absolute Gasteiger partial charge is 0.341 e. The summed E-state index contributed by atoms with van der Waals surface area (Å²) in [4.78, 5) is 36.7. The lowest BCUT2D eigenvalue weighted by Crippen LogP contribution is -2.29. The molecular weight excluding hydrogens is 308 g/mol. The van der Waals surface area contributed by atoms with Gasteiger partial charge in [0.25, 0.3) is 0 Å². The predicted octanol–water partition coefficient (Wildman–Crippen LogP) is 1.43. The molecule has 7 nitrogen and oxygen atoms in total. The molecule has 0 saturated carbocycles. The number of H-pyrrole nitrogens is 2. The first kappa shape index (κ1) is 17.8. The molecule has 1 aromatic heterocycles. The first-order chi connectivity index (χ1) is 11.4. The number of aromatic nitrogens is 3. The summed E-state index contributed by atoms with van der Waals surface area (Å²) >= 11 is 0. The SMILES string of the molecule is CC(C)c1ccccc1CN(C)C(=O)CCCn1c(=O)[nH][nH]c1=O. The normalized spacial score (nSPS) is 11.0. The Morgan fingerprint density at radius 3 is 2.42 bits per heavy atom. The highest BCUT2D eigenvalue weighted by molar-refractivity contribution is 5.75. The van der Waals surface area contributed by atoms with E-state index in [9.17, 15) is 14.4 Å². The first-order valence-corrected chi connectivity index (χ1v) is 8.09. The number of hydrogen-bond donors (Lipinski definition) is 2. The number of carbonyl (C=O) groups excluding carboxylic acids is 1. The lowest BCUT2D eigenvalue weighted by atomic mass is 9.97. The lowest BCUT2D eigenvalue weighted by molar-refractivity contribution is -0.130. The van der Waals surface area contributed by atoms with Crippen molar-refractivity contribution >= 4 is 5.91 Å². The van der Waals surface area contributed by atoms with Crippen LogP contribution in [-0.4, -0.2) is 32.6 Å². The molecule has 1 heterocycles. The zero-order chi connectivity index (χ0) is 17.7.